The van der Waals surface area contributed by atoms with Crippen LogP contribution in [0.4, 0.5) is 5.95 Å². The number of carbonyl (C=O) groups is 1. The molecule has 1 amide bonds. The van der Waals surface area contributed by atoms with Crippen LogP contribution in [0.3, 0.4) is 0 Å². The Labute approximate surface area is 178 Å². The Hall–Kier alpha value is -2.50. The van der Waals surface area contributed by atoms with Crippen molar-refractivity contribution in [2.75, 3.05) is 31.1 Å². The first-order chi connectivity index (χ1) is 14.8. The number of hydrogen-bond donors (Lipinski definition) is 0. The molecule has 6 nitrogen and oxygen atoms in total. The number of rotatable bonds is 4. The molecular weight excluding hydrogens is 374 g/mol. The molecule has 0 aromatic carbocycles. The Kier molecular flexibility index (Phi) is 5.65. The van der Waals surface area contributed by atoms with Crippen LogP contribution in [0, 0.1) is 5.92 Å². The first-order valence-corrected chi connectivity index (χ1v) is 11.6. The SMILES string of the molecule is O=C(C1CCCC1)N1CCC[C@H](c2nc(N3CCCC3)ncc2-c2cccnc2)C1. The molecule has 3 fully saturated rings. The van der Waals surface area contributed by atoms with E-state index in [1.54, 1.807) is 6.20 Å². The van der Waals surface area contributed by atoms with Crippen molar-refractivity contribution in [1.29, 1.82) is 0 Å². The Morgan fingerprint density at radius 2 is 1.80 bits per heavy atom. The molecule has 0 spiro atoms. The van der Waals surface area contributed by atoms with Crippen LogP contribution in [0.2, 0.25) is 0 Å². The zero-order chi connectivity index (χ0) is 20.3. The van der Waals surface area contributed by atoms with E-state index in [9.17, 15) is 4.79 Å². The number of pyridine rings is 1. The highest BCUT2D eigenvalue weighted by Crippen LogP contribution is 2.35. The van der Waals surface area contributed by atoms with Gasteiger partial charge in [0.05, 0.1) is 5.69 Å². The van der Waals surface area contributed by atoms with E-state index in [-0.39, 0.29) is 11.8 Å². The molecule has 1 atom stereocenters. The molecule has 2 aromatic heterocycles. The second kappa shape index (κ2) is 8.70. The molecule has 2 saturated heterocycles. The molecule has 2 aromatic rings. The third kappa shape index (κ3) is 3.92. The van der Waals surface area contributed by atoms with Crippen molar-refractivity contribution in [1.82, 2.24) is 19.9 Å². The normalized spacial score (nSPS) is 22.6. The summed E-state index contributed by atoms with van der Waals surface area (Å²) in [7, 11) is 0. The standard InChI is InChI=1S/C24H31N5O/c30-23(18-7-1-2-8-18)29-14-6-10-20(17-29)22-21(19-9-5-11-25-15-19)16-26-24(27-22)28-12-3-4-13-28/h5,9,11,15-16,18,20H,1-4,6-8,10,12-14,17H2/t20-/m0/s1. The summed E-state index contributed by atoms with van der Waals surface area (Å²) in [5.41, 5.74) is 3.20. The smallest absolute Gasteiger partial charge is 0.225 e. The van der Waals surface area contributed by atoms with E-state index >= 15 is 0 Å². The maximum atomic E-state index is 13.1. The monoisotopic (exact) mass is 405 g/mol. The summed E-state index contributed by atoms with van der Waals surface area (Å²) in [5, 5.41) is 0. The van der Waals surface area contributed by atoms with Crippen molar-refractivity contribution in [2.45, 2.75) is 57.3 Å². The Bertz CT molecular complexity index is 874. The summed E-state index contributed by atoms with van der Waals surface area (Å²) in [6.07, 6.45) is 14.7. The largest absolute Gasteiger partial charge is 0.342 e. The van der Waals surface area contributed by atoms with E-state index in [0.717, 1.165) is 74.6 Å². The molecule has 1 saturated carbocycles. The van der Waals surface area contributed by atoms with E-state index in [1.165, 1.54) is 25.7 Å². The van der Waals surface area contributed by atoms with Crippen LogP contribution in [0.15, 0.2) is 30.7 Å². The van der Waals surface area contributed by atoms with Crippen LogP contribution < -0.4 is 4.90 Å². The van der Waals surface area contributed by atoms with Crippen molar-refractivity contribution in [2.24, 2.45) is 5.92 Å². The van der Waals surface area contributed by atoms with Crippen molar-refractivity contribution in [3.05, 3.63) is 36.4 Å². The van der Waals surface area contributed by atoms with Crippen LogP contribution in [-0.2, 0) is 4.79 Å². The number of nitrogens with zero attached hydrogens (tertiary/aromatic N) is 5. The van der Waals surface area contributed by atoms with Gasteiger partial charge in [-0.1, -0.05) is 18.9 Å². The van der Waals surface area contributed by atoms with E-state index in [2.05, 4.69) is 20.9 Å². The van der Waals surface area contributed by atoms with Gasteiger partial charge < -0.3 is 9.80 Å². The number of carbonyl (C=O) groups excluding carboxylic acids is 1. The predicted octanol–water partition coefficient (Wildman–Crippen LogP) is 4.04. The van der Waals surface area contributed by atoms with Crippen molar-refractivity contribution in [3.63, 3.8) is 0 Å². The van der Waals surface area contributed by atoms with Crippen molar-refractivity contribution in [3.8, 4) is 11.1 Å². The topological polar surface area (TPSA) is 62.2 Å². The number of piperidine rings is 1. The molecule has 5 rings (SSSR count). The van der Waals surface area contributed by atoms with Gasteiger partial charge in [0.25, 0.3) is 0 Å². The molecule has 2 aliphatic heterocycles. The number of aromatic nitrogens is 3. The molecule has 3 aliphatic rings. The highest BCUT2D eigenvalue weighted by atomic mass is 16.2. The molecule has 0 bridgehead atoms. The van der Waals surface area contributed by atoms with Gasteiger partial charge in [-0.05, 0) is 44.6 Å². The van der Waals surface area contributed by atoms with E-state index in [1.807, 2.05) is 18.5 Å². The molecular formula is C24H31N5O. The van der Waals surface area contributed by atoms with Crippen LogP contribution >= 0.6 is 0 Å². The maximum absolute atomic E-state index is 13.1. The summed E-state index contributed by atoms with van der Waals surface area (Å²) in [6.45, 7) is 3.72. The summed E-state index contributed by atoms with van der Waals surface area (Å²) in [6, 6.07) is 4.04. The molecule has 6 heteroatoms. The third-order valence-corrected chi connectivity index (χ3v) is 6.99. The van der Waals surface area contributed by atoms with Gasteiger partial charge in [0.2, 0.25) is 11.9 Å². The lowest BCUT2D eigenvalue weighted by molar-refractivity contribution is -0.136. The zero-order valence-electron chi connectivity index (χ0n) is 17.7. The predicted molar refractivity (Wildman–Crippen MR) is 117 cm³/mol. The fraction of sp³-hybridized carbons (Fsp3) is 0.583. The Morgan fingerprint density at radius 1 is 0.967 bits per heavy atom. The minimum absolute atomic E-state index is 0.243. The fourth-order valence-corrected chi connectivity index (χ4v) is 5.34. The van der Waals surface area contributed by atoms with Crippen LogP contribution in [0.25, 0.3) is 11.1 Å². The average molecular weight is 406 g/mol. The fourth-order valence-electron chi connectivity index (χ4n) is 5.34. The highest BCUT2D eigenvalue weighted by Gasteiger charge is 2.33. The van der Waals surface area contributed by atoms with E-state index in [0.29, 0.717) is 5.91 Å². The van der Waals surface area contributed by atoms with Gasteiger partial charge in [-0.25, -0.2) is 9.97 Å². The van der Waals surface area contributed by atoms with Crippen molar-refractivity contribution >= 4 is 11.9 Å². The van der Waals surface area contributed by atoms with Gasteiger partial charge in [-0.2, -0.15) is 0 Å². The second-order valence-corrected chi connectivity index (χ2v) is 9.01. The first-order valence-electron chi connectivity index (χ1n) is 11.6. The number of hydrogen-bond acceptors (Lipinski definition) is 5. The number of likely N-dealkylation sites (tertiary alicyclic amines) is 1. The van der Waals surface area contributed by atoms with Crippen LogP contribution in [0.5, 0.6) is 0 Å². The van der Waals surface area contributed by atoms with Gasteiger partial charge >= 0.3 is 0 Å². The minimum Gasteiger partial charge on any atom is -0.342 e. The zero-order valence-corrected chi connectivity index (χ0v) is 17.7. The van der Waals surface area contributed by atoms with Gasteiger partial charge in [0.1, 0.15) is 0 Å². The second-order valence-electron chi connectivity index (χ2n) is 9.01. The van der Waals surface area contributed by atoms with Crippen LogP contribution in [-0.4, -0.2) is 51.9 Å². The maximum Gasteiger partial charge on any atom is 0.225 e. The molecule has 158 valence electrons. The molecule has 0 unspecified atom stereocenters. The third-order valence-electron chi connectivity index (χ3n) is 6.99. The molecule has 30 heavy (non-hydrogen) atoms. The molecule has 1 aliphatic carbocycles. The van der Waals surface area contributed by atoms with Crippen molar-refractivity contribution < 1.29 is 4.79 Å². The quantitative estimate of drug-likeness (QED) is 0.768. The highest BCUT2D eigenvalue weighted by molar-refractivity contribution is 5.79. The summed E-state index contributed by atoms with van der Waals surface area (Å²) in [4.78, 5) is 31.6. The lowest BCUT2D eigenvalue weighted by Crippen LogP contribution is -2.42. The number of amides is 1. The number of anilines is 1. The van der Waals surface area contributed by atoms with Crippen LogP contribution in [0.1, 0.15) is 63.0 Å². The lowest BCUT2D eigenvalue weighted by atomic mass is 9.89. The lowest BCUT2D eigenvalue weighted by Gasteiger charge is -2.35. The first kappa shape index (κ1) is 19.5. The Balaban J connectivity index is 1.45. The van der Waals surface area contributed by atoms with E-state index in [4.69, 9.17) is 9.97 Å². The van der Waals surface area contributed by atoms with Gasteiger partial charge in [0, 0.05) is 67.7 Å². The Morgan fingerprint density at radius 3 is 2.57 bits per heavy atom. The summed E-state index contributed by atoms with van der Waals surface area (Å²) >= 11 is 0. The molecule has 0 N–H and O–H groups in total. The van der Waals surface area contributed by atoms with E-state index < -0.39 is 0 Å². The van der Waals surface area contributed by atoms with Gasteiger partial charge in [-0.3, -0.25) is 9.78 Å². The molecule has 4 heterocycles. The summed E-state index contributed by atoms with van der Waals surface area (Å²) in [5.74, 6) is 1.71. The van der Waals surface area contributed by atoms with Gasteiger partial charge in [-0.15, -0.1) is 0 Å². The summed E-state index contributed by atoms with van der Waals surface area (Å²) < 4.78 is 0. The average Bonchev–Trinajstić information content (AvgIpc) is 3.53. The molecule has 0 radical (unpaired) electrons. The minimum atomic E-state index is 0.243. The van der Waals surface area contributed by atoms with Gasteiger partial charge in [0.15, 0.2) is 0 Å².